The number of nitrogens with zero attached hydrogens (tertiary/aromatic N) is 2. The first-order valence-corrected chi connectivity index (χ1v) is 9.32. The Labute approximate surface area is 157 Å². The first-order chi connectivity index (χ1) is 12.2. The summed E-state index contributed by atoms with van der Waals surface area (Å²) >= 11 is 0. The smallest absolute Gasteiger partial charge is 0.444 e. The molecular formula is C19H33BN2O4. The molecule has 0 aromatic heterocycles. The van der Waals surface area contributed by atoms with E-state index in [1.165, 1.54) is 0 Å². The van der Waals surface area contributed by atoms with Crippen LogP contribution in [0, 0.1) is 0 Å². The highest BCUT2D eigenvalue weighted by Gasteiger charge is 2.30. The van der Waals surface area contributed by atoms with Crippen molar-refractivity contribution in [2.24, 2.45) is 0 Å². The normalized spacial score (nSPS) is 18.0. The zero-order chi connectivity index (χ0) is 19.9. The molecule has 1 saturated heterocycles. The summed E-state index contributed by atoms with van der Waals surface area (Å²) in [6, 6.07) is 7.36. The van der Waals surface area contributed by atoms with E-state index in [4.69, 9.17) is 4.74 Å². The van der Waals surface area contributed by atoms with Gasteiger partial charge in [-0.15, -0.1) is 0 Å². The molecule has 26 heavy (non-hydrogen) atoms. The molecule has 146 valence electrons. The van der Waals surface area contributed by atoms with Crippen LogP contribution in [0.4, 0.5) is 4.79 Å². The lowest BCUT2D eigenvalue weighted by Gasteiger charge is -2.40. The molecule has 0 spiro atoms. The van der Waals surface area contributed by atoms with Gasteiger partial charge in [0.05, 0.1) is 0 Å². The van der Waals surface area contributed by atoms with Crippen LogP contribution in [0.25, 0.3) is 0 Å². The lowest BCUT2D eigenvalue weighted by Crippen LogP contribution is -2.54. The largest absolute Gasteiger partial charge is 0.488 e. The van der Waals surface area contributed by atoms with Crippen LogP contribution < -0.4 is 5.46 Å². The van der Waals surface area contributed by atoms with Gasteiger partial charge in [0.25, 0.3) is 0 Å². The van der Waals surface area contributed by atoms with Gasteiger partial charge in [0.1, 0.15) is 5.60 Å². The quantitative estimate of drug-likeness (QED) is 0.801. The van der Waals surface area contributed by atoms with Gasteiger partial charge in [-0.05, 0) is 38.7 Å². The number of ether oxygens (including phenoxy) is 1. The lowest BCUT2D eigenvalue weighted by atomic mass is 9.79. The Kier molecular flexibility index (Phi) is 8.60. The van der Waals surface area contributed by atoms with E-state index in [2.05, 4.69) is 4.90 Å². The van der Waals surface area contributed by atoms with E-state index in [0.717, 1.165) is 18.7 Å². The molecule has 0 bridgehead atoms. The maximum atomic E-state index is 12.2. The van der Waals surface area contributed by atoms with Crippen LogP contribution in [0.3, 0.4) is 0 Å². The minimum atomic E-state index is -1.45. The molecule has 2 N–H and O–H groups in total. The lowest BCUT2D eigenvalue weighted by molar-refractivity contribution is 0.000560. The summed E-state index contributed by atoms with van der Waals surface area (Å²) in [5.74, 6) is 0. The Hall–Kier alpha value is -1.57. The zero-order valence-electron chi connectivity index (χ0n) is 16.9. The SMILES string of the molecule is CC.CC1CN(Cc2cccc(B(O)O)c2)CCN1C(=O)OC(C)(C)C. The van der Waals surface area contributed by atoms with Gasteiger partial charge in [-0.25, -0.2) is 4.79 Å². The Morgan fingerprint density at radius 3 is 2.46 bits per heavy atom. The third-order valence-corrected chi connectivity index (χ3v) is 3.99. The number of piperazine rings is 1. The Balaban J connectivity index is 0.00000163. The van der Waals surface area contributed by atoms with Crippen LogP contribution in [0.15, 0.2) is 24.3 Å². The highest BCUT2D eigenvalue weighted by molar-refractivity contribution is 6.58. The number of carbonyl (C=O) groups is 1. The molecule has 1 heterocycles. The number of carbonyl (C=O) groups excluding carboxylic acids is 1. The fourth-order valence-electron chi connectivity index (χ4n) is 2.88. The van der Waals surface area contributed by atoms with E-state index in [1.807, 2.05) is 53.7 Å². The molecular weight excluding hydrogens is 331 g/mol. The van der Waals surface area contributed by atoms with Gasteiger partial charge >= 0.3 is 13.2 Å². The van der Waals surface area contributed by atoms with E-state index >= 15 is 0 Å². The van der Waals surface area contributed by atoms with Gasteiger partial charge in [-0.1, -0.05) is 38.1 Å². The topological polar surface area (TPSA) is 73.2 Å². The third-order valence-electron chi connectivity index (χ3n) is 3.99. The zero-order valence-corrected chi connectivity index (χ0v) is 16.9. The Morgan fingerprint density at radius 2 is 1.92 bits per heavy atom. The molecule has 2 rings (SSSR count). The fourth-order valence-corrected chi connectivity index (χ4v) is 2.88. The monoisotopic (exact) mass is 364 g/mol. The number of hydrogen-bond donors (Lipinski definition) is 2. The molecule has 1 fully saturated rings. The summed E-state index contributed by atoms with van der Waals surface area (Å²) in [5.41, 5.74) is 1.03. The van der Waals surface area contributed by atoms with Crippen LogP contribution in [0.1, 0.15) is 47.1 Å². The summed E-state index contributed by atoms with van der Waals surface area (Å²) in [5, 5.41) is 18.5. The summed E-state index contributed by atoms with van der Waals surface area (Å²) in [6.07, 6.45) is -0.264. The summed E-state index contributed by atoms with van der Waals surface area (Å²) in [6.45, 7) is 14.5. The second-order valence-electron chi connectivity index (χ2n) is 7.38. The molecule has 1 aromatic rings. The molecule has 1 amide bonds. The predicted molar refractivity (Wildman–Crippen MR) is 105 cm³/mol. The second kappa shape index (κ2) is 9.95. The van der Waals surface area contributed by atoms with Crippen molar-refractivity contribution < 1.29 is 19.6 Å². The van der Waals surface area contributed by atoms with Crippen LogP contribution in [0.2, 0.25) is 0 Å². The minimum Gasteiger partial charge on any atom is -0.444 e. The van der Waals surface area contributed by atoms with Crippen molar-refractivity contribution in [1.82, 2.24) is 9.80 Å². The van der Waals surface area contributed by atoms with Crippen molar-refractivity contribution in [3.05, 3.63) is 29.8 Å². The van der Waals surface area contributed by atoms with Gasteiger partial charge < -0.3 is 19.7 Å². The van der Waals surface area contributed by atoms with Crippen LogP contribution in [0.5, 0.6) is 0 Å². The molecule has 6 nitrogen and oxygen atoms in total. The van der Waals surface area contributed by atoms with Crippen molar-refractivity contribution in [3.63, 3.8) is 0 Å². The Morgan fingerprint density at radius 1 is 1.27 bits per heavy atom. The molecule has 0 aliphatic carbocycles. The number of benzene rings is 1. The number of amides is 1. The van der Waals surface area contributed by atoms with Crippen LogP contribution in [-0.4, -0.2) is 64.3 Å². The van der Waals surface area contributed by atoms with Crippen molar-refractivity contribution >= 4 is 18.7 Å². The van der Waals surface area contributed by atoms with Crippen molar-refractivity contribution in [3.8, 4) is 0 Å². The predicted octanol–water partition coefficient (Wildman–Crippen LogP) is 1.83. The van der Waals surface area contributed by atoms with E-state index in [0.29, 0.717) is 18.6 Å². The maximum absolute atomic E-state index is 12.2. The second-order valence-corrected chi connectivity index (χ2v) is 7.38. The summed E-state index contributed by atoms with van der Waals surface area (Å²) in [7, 11) is -1.45. The maximum Gasteiger partial charge on any atom is 0.488 e. The van der Waals surface area contributed by atoms with E-state index in [9.17, 15) is 14.8 Å². The van der Waals surface area contributed by atoms with E-state index in [-0.39, 0.29) is 12.1 Å². The summed E-state index contributed by atoms with van der Waals surface area (Å²) < 4.78 is 5.46. The van der Waals surface area contributed by atoms with E-state index < -0.39 is 12.7 Å². The van der Waals surface area contributed by atoms with Gasteiger partial charge in [-0.2, -0.15) is 0 Å². The number of hydrogen-bond acceptors (Lipinski definition) is 5. The van der Waals surface area contributed by atoms with Crippen molar-refractivity contribution in [2.75, 3.05) is 19.6 Å². The standard InChI is InChI=1S/C17H27BN2O4.C2H6/c1-13-11-19(8-9-20(13)16(21)24-17(2,3)4)12-14-6-5-7-15(10-14)18(22)23;1-2/h5-7,10,13,22-23H,8-9,11-12H2,1-4H3;1-2H3. The highest BCUT2D eigenvalue weighted by atomic mass is 16.6. The summed E-state index contributed by atoms with van der Waals surface area (Å²) in [4.78, 5) is 16.3. The first kappa shape index (κ1) is 22.5. The average Bonchev–Trinajstić information content (AvgIpc) is 2.55. The van der Waals surface area contributed by atoms with Gasteiger partial charge in [0, 0.05) is 32.2 Å². The molecule has 7 heteroatoms. The molecule has 1 aliphatic heterocycles. The molecule has 0 saturated carbocycles. The van der Waals surface area contributed by atoms with Gasteiger partial charge in [0.15, 0.2) is 0 Å². The minimum absolute atomic E-state index is 0.0696. The van der Waals surface area contributed by atoms with Gasteiger partial charge in [0.2, 0.25) is 0 Å². The van der Waals surface area contributed by atoms with Gasteiger partial charge in [-0.3, -0.25) is 4.90 Å². The molecule has 1 aliphatic rings. The third kappa shape index (κ3) is 6.98. The van der Waals surface area contributed by atoms with Crippen molar-refractivity contribution in [1.29, 1.82) is 0 Å². The average molecular weight is 364 g/mol. The first-order valence-electron chi connectivity index (χ1n) is 9.32. The van der Waals surface area contributed by atoms with Crippen LogP contribution >= 0.6 is 0 Å². The van der Waals surface area contributed by atoms with Crippen LogP contribution in [-0.2, 0) is 11.3 Å². The van der Waals surface area contributed by atoms with Crippen molar-refractivity contribution in [2.45, 2.75) is 59.7 Å². The molecule has 1 unspecified atom stereocenters. The Bertz CT molecular complexity index is 575. The molecule has 1 atom stereocenters. The molecule has 0 radical (unpaired) electrons. The van der Waals surface area contributed by atoms with E-state index in [1.54, 1.807) is 17.0 Å². The fraction of sp³-hybridized carbons (Fsp3) is 0.632. The molecule has 1 aromatic carbocycles. The highest BCUT2D eigenvalue weighted by Crippen LogP contribution is 2.17. The number of rotatable bonds is 3.